The molecule has 1 aromatic carbocycles. The Bertz CT molecular complexity index is 547. The van der Waals surface area contributed by atoms with Gasteiger partial charge in [0.1, 0.15) is 0 Å². The van der Waals surface area contributed by atoms with Crippen LogP contribution in [0.25, 0.3) is 0 Å². The summed E-state index contributed by atoms with van der Waals surface area (Å²) in [4.78, 5) is 4.11. The molecule has 0 radical (unpaired) electrons. The number of ether oxygens (including phenoxy) is 2. The minimum atomic E-state index is -0.547. The molecule has 0 amide bonds. The first-order valence-corrected chi connectivity index (χ1v) is 7.57. The van der Waals surface area contributed by atoms with Crippen molar-refractivity contribution in [2.75, 3.05) is 6.61 Å². The van der Waals surface area contributed by atoms with Gasteiger partial charge < -0.3 is 14.0 Å². The van der Waals surface area contributed by atoms with Crippen LogP contribution in [0.15, 0.2) is 49.1 Å². The minimum Gasteiger partial charge on any atom is -0.348 e. The summed E-state index contributed by atoms with van der Waals surface area (Å²) in [6.07, 6.45) is 8.54. The number of aromatic nitrogens is 2. The predicted octanol–water partition coefficient (Wildman–Crippen LogP) is 3.62. The van der Waals surface area contributed by atoms with Crippen LogP contribution in [0.2, 0.25) is 0 Å². The van der Waals surface area contributed by atoms with Crippen molar-refractivity contribution in [1.29, 1.82) is 0 Å². The number of hydrogen-bond donors (Lipinski definition) is 0. The van der Waals surface area contributed by atoms with Gasteiger partial charge in [-0.15, -0.1) is 17.0 Å². The molecule has 5 heteroatoms. The van der Waals surface area contributed by atoms with Crippen LogP contribution in [-0.2, 0) is 22.4 Å². The average Bonchev–Trinajstić information content (AvgIpc) is 2.99. The van der Waals surface area contributed by atoms with Crippen molar-refractivity contribution < 1.29 is 9.47 Å². The highest BCUT2D eigenvalue weighted by molar-refractivity contribution is 8.93. The van der Waals surface area contributed by atoms with Gasteiger partial charge in [0, 0.05) is 18.8 Å². The average molecular weight is 367 g/mol. The van der Waals surface area contributed by atoms with Gasteiger partial charge in [-0.05, 0) is 25.3 Å². The first-order valence-electron chi connectivity index (χ1n) is 7.57. The van der Waals surface area contributed by atoms with E-state index in [-0.39, 0.29) is 23.1 Å². The number of nitrogens with zero attached hydrogens (tertiary/aromatic N) is 2. The molecule has 3 rings (SSSR count). The zero-order valence-electron chi connectivity index (χ0n) is 12.9. The van der Waals surface area contributed by atoms with Gasteiger partial charge in [0.25, 0.3) is 0 Å². The number of halogens is 1. The number of benzene rings is 1. The maximum atomic E-state index is 6.20. The van der Waals surface area contributed by atoms with Crippen LogP contribution in [-0.4, -0.2) is 28.0 Å². The van der Waals surface area contributed by atoms with Gasteiger partial charge in [-0.2, -0.15) is 0 Å². The van der Waals surface area contributed by atoms with E-state index >= 15 is 0 Å². The van der Waals surface area contributed by atoms with Gasteiger partial charge in [0.15, 0.2) is 5.79 Å². The summed E-state index contributed by atoms with van der Waals surface area (Å²) in [7, 11) is 0. The molecule has 120 valence electrons. The normalized spacial score (nSPS) is 24.7. The summed E-state index contributed by atoms with van der Waals surface area (Å²) in [5.74, 6) is -0.547. The van der Waals surface area contributed by atoms with Crippen molar-refractivity contribution in [2.24, 2.45) is 0 Å². The molecule has 2 atom stereocenters. The fourth-order valence-corrected chi connectivity index (χ4v) is 2.80. The van der Waals surface area contributed by atoms with Gasteiger partial charge >= 0.3 is 0 Å². The first kappa shape index (κ1) is 17.2. The molecular formula is C17H23BrN2O2. The lowest BCUT2D eigenvalue weighted by atomic mass is 10.0. The number of rotatable bonds is 5. The van der Waals surface area contributed by atoms with Gasteiger partial charge in [0.2, 0.25) is 0 Å². The Labute approximate surface area is 142 Å². The van der Waals surface area contributed by atoms with Crippen LogP contribution >= 0.6 is 17.0 Å². The lowest BCUT2D eigenvalue weighted by molar-refractivity contribution is -0.298. The molecule has 0 saturated carbocycles. The standard InChI is InChI=1S/C17H22N2O2.BrH/c1-15-8-12-20-17(21-15,13-19-11-10-18-14-19)9-7-16-5-3-2-4-6-16;/h2-6,10-11,14-15H,7-9,12-13H2,1H3;1H. The Kier molecular flexibility index (Phi) is 6.17. The summed E-state index contributed by atoms with van der Waals surface area (Å²) in [5, 5.41) is 0. The van der Waals surface area contributed by atoms with Crippen LogP contribution in [0.5, 0.6) is 0 Å². The molecule has 1 aliphatic heterocycles. The molecule has 0 N–H and O–H groups in total. The molecule has 22 heavy (non-hydrogen) atoms. The summed E-state index contributed by atoms with van der Waals surface area (Å²) in [6, 6.07) is 10.5. The van der Waals surface area contributed by atoms with Crippen LogP contribution in [0, 0.1) is 0 Å². The fraction of sp³-hybridized carbons (Fsp3) is 0.471. The van der Waals surface area contributed by atoms with Crippen molar-refractivity contribution >= 4 is 17.0 Å². The van der Waals surface area contributed by atoms with E-state index in [0.717, 1.165) is 25.9 Å². The number of imidazole rings is 1. The van der Waals surface area contributed by atoms with E-state index in [2.05, 4.69) is 36.2 Å². The second kappa shape index (κ2) is 7.90. The van der Waals surface area contributed by atoms with Gasteiger partial charge in [-0.1, -0.05) is 30.3 Å². The summed E-state index contributed by atoms with van der Waals surface area (Å²) < 4.78 is 14.3. The molecule has 2 heterocycles. The second-order valence-electron chi connectivity index (χ2n) is 5.70. The molecule has 0 bridgehead atoms. The zero-order valence-corrected chi connectivity index (χ0v) is 14.6. The SMILES string of the molecule is Br.CC1CCOC(CCc2ccccc2)(Cn2ccnc2)O1. The number of aryl methyl sites for hydroxylation is 1. The van der Waals surface area contributed by atoms with E-state index in [1.807, 2.05) is 23.2 Å². The smallest absolute Gasteiger partial charge is 0.186 e. The van der Waals surface area contributed by atoms with E-state index < -0.39 is 5.79 Å². The molecule has 1 aliphatic rings. The van der Waals surface area contributed by atoms with Crippen LogP contribution in [0.1, 0.15) is 25.3 Å². The van der Waals surface area contributed by atoms with Crippen molar-refractivity contribution in [3.63, 3.8) is 0 Å². The Morgan fingerprint density at radius 1 is 1.32 bits per heavy atom. The molecular weight excluding hydrogens is 344 g/mol. The quantitative estimate of drug-likeness (QED) is 0.810. The van der Waals surface area contributed by atoms with Crippen molar-refractivity contribution in [3.8, 4) is 0 Å². The first-order chi connectivity index (χ1) is 10.3. The largest absolute Gasteiger partial charge is 0.348 e. The van der Waals surface area contributed by atoms with Gasteiger partial charge in [-0.3, -0.25) is 0 Å². The highest BCUT2D eigenvalue weighted by atomic mass is 79.9. The molecule has 1 aromatic heterocycles. The molecule has 0 aliphatic carbocycles. The third kappa shape index (κ3) is 4.41. The monoisotopic (exact) mass is 366 g/mol. The topological polar surface area (TPSA) is 36.3 Å². The summed E-state index contributed by atoms with van der Waals surface area (Å²) >= 11 is 0. The summed E-state index contributed by atoms with van der Waals surface area (Å²) in [6.45, 7) is 3.56. The van der Waals surface area contributed by atoms with Gasteiger partial charge in [-0.25, -0.2) is 4.98 Å². The third-order valence-electron chi connectivity index (χ3n) is 3.93. The molecule has 1 fully saturated rings. The lowest BCUT2D eigenvalue weighted by Crippen LogP contribution is -2.47. The van der Waals surface area contributed by atoms with Crippen molar-refractivity contribution in [3.05, 3.63) is 54.6 Å². The highest BCUT2D eigenvalue weighted by Crippen LogP contribution is 2.29. The zero-order chi connectivity index (χ0) is 14.5. The lowest BCUT2D eigenvalue weighted by Gasteiger charge is -2.40. The Morgan fingerprint density at radius 3 is 2.82 bits per heavy atom. The van der Waals surface area contributed by atoms with E-state index in [1.165, 1.54) is 5.56 Å². The maximum Gasteiger partial charge on any atom is 0.186 e. The van der Waals surface area contributed by atoms with E-state index in [9.17, 15) is 0 Å². The maximum absolute atomic E-state index is 6.20. The Balaban J connectivity index is 0.00000176. The predicted molar refractivity (Wildman–Crippen MR) is 91.2 cm³/mol. The van der Waals surface area contributed by atoms with E-state index in [1.54, 1.807) is 6.20 Å². The fourth-order valence-electron chi connectivity index (χ4n) is 2.80. The van der Waals surface area contributed by atoms with Crippen LogP contribution < -0.4 is 0 Å². The Morgan fingerprint density at radius 2 is 2.14 bits per heavy atom. The molecule has 2 aromatic rings. The van der Waals surface area contributed by atoms with E-state index in [0.29, 0.717) is 6.54 Å². The third-order valence-corrected chi connectivity index (χ3v) is 3.93. The van der Waals surface area contributed by atoms with Gasteiger partial charge in [0.05, 0.1) is 25.6 Å². The molecule has 0 spiro atoms. The number of hydrogen-bond acceptors (Lipinski definition) is 3. The van der Waals surface area contributed by atoms with Crippen LogP contribution in [0.3, 0.4) is 0 Å². The second-order valence-corrected chi connectivity index (χ2v) is 5.70. The molecule has 1 saturated heterocycles. The van der Waals surface area contributed by atoms with Crippen molar-refractivity contribution in [1.82, 2.24) is 9.55 Å². The minimum absolute atomic E-state index is 0. The highest BCUT2D eigenvalue weighted by Gasteiger charge is 2.37. The Hall–Kier alpha value is -1.17. The van der Waals surface area contributed by atoms with Crippen molar-refractivity contribution in [2.45, 2.75) is 44.6 Å². The van der Waals surface area contributed by atoms with E-state index in [4.69, 9.17) is 9.47 Å². The summed E-state index contributed by atoms with van der Waals surface area (Å²) in [5.41, 5.74) is 1.31. The molecule has 2 unspecified atom stereocenters. The molecule has 4 nitrogen and oxygen atoms in total. The van der Waals surface area contributed by atoms with Crippen LogP contribution in [0.4, 0.5) is 0 Å².